The lowest BCUT2D eigenvalue weighted by Crippen LogP contribution is -2.44. The monoisotopic (exact) mass is 812 g/mol. The Morgan fingerprint density at radius 2 is 1.41 bits per heavy atom. The molecule has 300 valence electrons. The third-order valence-corrected chi connectivity index (χ3v) is 11.3. The average molecular weight is 813 g/mol. The highest BCUT2D eigenvalue weighted by molar-refractivity contribution is 8.18. The molecule has 59 heavy (non-hydrogen) atoms. The molecule has 2 aliphatic heterocycles. The summed E-state index contributed by atoms with van der Waals surface area (Å²) in [6, 6.07) is 35.2. The number of carbonyl (C=O) groups is 5. The van der Waals surface area contributed by atoms with Crippen LogP contribution in [0.25, 0.3) is 6.08 Å². The smallest absolute Gasteiger partial charge is 0.290 e. The summed E-state index contributed by atoms with van der Waals surface area (Å²) in [5.74, 6) is -4.14. The molecule has 2 N–H and O–H groups in total. The quantitative estimate of drug-likeness (QED) is 0.0909. The van der Waals surface area contributed by atoms with E-state index in [1.54, 1.807) is 47.4 Å². The molecule has 9 nitrogen and oxygen atoms in total. The molecule has 7 rings (SSSR count). The third-order valence-electron chi connectivity index (χ3n) is 10.5. The van der Waals surface area contributed by atoms with Gasteiger partial charge in [0, 0.05) is 36.8 Å². The van der Waals surface area contributed by atoms with Crippen molar-refractivity contribution < 1.29 is 32.8 Å². The number of hydrogen-bond acceptors (Lipinski definition) is 7. The van der Waals surface area contributed by atoms with Crippen LogP contribution in [-0.4, -0.2) is 70.3 Å². The van der Waals surface area contributed by atoms with Crippen LogP contribution in [0.5, 0.6) is 0 Å². The second-order valence-electron chi connectivity index (χ2n) is 15.0. The highest BCUT2D eigenvalue weighted by atomic mass is 32.2. The van der Waals surface area contributed by atoms with Crippen LogP contribution in [0.1, 0.15) is 79.6 Å². The van der Waals surface area contributed by atoms with Gasteiger partial charge in [0.15, 0.2) is 5.78 Å². The molecule has 0 radical (unpaired) electrons. The summed E-state index contributed by atoms with van der Waals surface area (Å²) in [6.45, 7) is 5.28. The molecule has 12 heteroatoms. The predicted octanol–water partition coefficient (Wildman–Crippen LogP) is 8.28. The normalized spacial score (nSPS) is 17.3. The number of amides is 4. The molecule has 2 heterocycles. The Morgan fingerprint density at radius 1 is 0.814 bits per heavy atom. The molecule has 5 aromatic carbocycles. The summed E-state index contributed by atoms with van der Waals surface area (Å²) in [4.78, 5) is 70.2. The third kappa shape index (κ3) is 9.24. The van der Waals surface area contributed by atoms with Crippen LogP contribution in [0.15, 0.2) is 132 Å². The van der Waals surface area contributed by atoms with E-state index in [1.807, 2.05) is 36.4 Å². The van der Waals surface area contributed by atoms with Crippen LogP contribution >= 0.6 is 11.8 Å². The Bertz CT molecular complexity index is 2350. The minimum atomic E-state index is -1.03. The maximum Gasteiger partial charge on any atom is 0.290 e. The fraction of sp³-hybridized carbons (Fsp3) is 0.213. The van der Waals surface area contributed by atoms with Gasteiger partial charge >= 0.3 is 0 Å². The zero-order valence-electron chi connectivity index (χ0n) is 32.4. The lowest BCUT2D eigenvalue weighted by atomic mass is 9.94. The Hall–Kier alpha value is -6.24. The summed E-state index contributed by atoms with van der Waals surface area (Å²) in [7, 11) is 0. The molecule has 0 bridgehead atoms. The van der Waals surface area contributed by atoms with Gasteiger partial charge in [-0.15, -0.1) is 0 Å². The molecule has 2 aliphatic rings. The number of hydrogen-bond donors (Lipinski definition) is 2. The van der Waals surface area contributed by atoms with Gasteiger partial charge in [-0.3, -0.25) is 34.2 Å². The Morgan fingerprint density at radius 3 is 1.98 bits per heavy atom. The van der Waals surface area contributed by atoms with Crippen LogP contribution in [-0.2, 0) is 4.79 Å². The first-order valence-electron chi connectivity index (χ1n) is 19.4. The van der Waals surface area contributed by atoms with Crippen molar-refractivity contribution in [2.45, 2.75) is 38.4 Å². The first-order chi connectivity index (χ1) is 28.5. The number of rotatable bonds is 13. The number of nitrogens with zero attached hydrogens (tertiary/aromatic N) is 2. The minimum Gasteiger partial charge on any atom is -0.350 e. The van der Waals surface area contributed by atoms with E-state index in [4.69, 9.17) is 0 Å². The van der Waals surface area contributed by atoms with E-state index >= 15 is 0 Å². The molecule has 2 saturated heterocycles. The van der Waals surface area contributed by atoms with Gasteiger partial charge < -0.3 is 10.2 Å². The number of carbonyl (C=O) groups excluding carboxylic acids is 5. The van der Waals surface area contributed by atoms with Gasteiger partial charge in [0.2, 0.25) is 0 Å². The SMILES string of the molecule is CC(C)CN(C(c1ccccc1)c1ccccc1)[C@@H]1C[C@@H](CNC(=O)c2ccc(/C=C3\SC(=O)NC3=O)cc2)N(C(=O)c2ccccc2C(=O)c2c(F)cccc2F)C1. The van der Waals surface area contributed by atoms with Crippen LogP contribution < -0.4 is 10.6 Å². The Kier molecular flexibility index (Phi) is 12.6. The van der Waals surface area contributed by atoms with Crippen molar-refractivity contribution in [3.63, 3.8) is 0 Å². The van der Waals surface area contributed by atoms with E-state index < -0.39 is 46.1 Å². The fourth-order valence-electron chi connectivity index (χ4n) is 7.79. The molecule has 0 aliphatic carbocycles. The topological polar surface area (TPSA) is 116 Å². The fourth-order valence-corrected chi connectivity index (χ4v) is 8.48. The number of thioether (sulfide) groups is 1. The minimum absolute atomic E-state index is 0.00396. The maximum atomic E-state index is 14.9. The van der Waals surface area contributed by atoms with E-state index in [-0.39, 0.29) is 53.0 Å². The van der Waals surface area contributed by atoms with Crippen molar-refractivity contribution in [1.29, 1.82) is 0 Å². The van der Waals surface area contributed by atoms with E-state index in [2.05, 4.69) is 53.6 Å². The summed E-state index contributed by atoms with van der Waals surface area (Å²) >= 11 is 0.803. The zero-order valence-corrected chi connectivity index (χ0v) is 33.3. The highest BCUT2D eigenvalue weighted by Crippen LogP contribution is 2.36. The highest BCUT2D eigenvalue weighted by Gasteiger charge is 2.42. The Labute approximate surface area is 345 Å². The average Bonchev–Trinajstić information content (AvgIpc) is 3.81. The summed E-state index contributed by atoms with van der Waals surface area (Å²) in [5, 5.41) is 4.78. The van der Waals surface area contributed by atoms with Gasteiger partial charge in [0.05, 0.1) is 28.1 Å². The number of ketones is 1. The number of nitrogens with one attached hydrogen (secondary N) is 2. The molecule has 0 aromatic heterocycles. The molecule has 5 aromatic rings. The molecule has 2 atom stereocenters. The molecular formula is C47H42F2N4O5S. The van der Waals surface area contributed by atoms with Crippen molar-refractivity contribution in [2.75, 3.05) is 19.6 Å². The lowest BCUT2D eigenvalue weighted by Gasteiger charge is -2.38. The summed E-state index contributed by atoms with van der Waals surface area (Å²) in [5.41, 5.74) is 2.25. The summed E-state index contributed by atoms with van der Waals surface area (Å²) in [6.07, 6.45) is 2.04. The molecule has 0 unspecified atom stereocenters. The second kappa shape index (κ2) is 18.1. The van der Waals surface area contributed by atoms with Crippen molar-refractivity contribution in [1.82, 2.24) is 20.4 Å². The molecule has 0 spiro atoms. The predicted molar refractivity (Wildman–Crippen MR) is 224 cm³/mol. The van der Waals surface area contributed by atoms with Crippen LogP contribution in [0, 0.1) is 17.6 Å². The largest absolute Gasteiger partial charge is 0.350 e. The van der Waals surface area contributed by atoms with Crippen LogP contribution in [0.4, 0.5) is 13.6 Å². The first kappa shape index (κ1) is 40.9. The van der Waals surface area contributed by atoms with Crippen LogP contribution in [0.2, 0.25) is 0 Å². The van der Waals surface area contributed by atoms with Crippen molar-refractivity contribution in [3.8, 4) is 0 Å². The van der Waals surface area contributed by atoms with Gasteiger partial charge in [-0.2, -0.15) is 0 Å². The van der Waals surface area contributed by atoms with Gasteiger partial charge in [-0.25, -0.2) is 8.78 Å². The molecule has 2 fully saturated rings. The number of benzene rings is 5. The summed E-state index contributed by atoms with van der Waals surface area (Å²) < 4.78 is 29.8. The first-order valence-corrected chi connectivity index (χ1v) is 20.2. The second-order valence-corrected chi connectivity index (χ2v) is 16.0. The molecule has 4 amide bonds. The van der Waals surface area contributed by atoms with Crippen molar-refractivity contribution >= 4 is 46.6 Å². The molecule has 0 saturated carbocycles. The maximum absolute atomic E-state index is 14.9. The lowest BCUT2D eigenvalue weighted by molar-refractivity contribution is -0.115. The molecular weight excluding hydrogens is 771 g/mol. The van der Waals surface area contributed by atoms with E-state index in [0.717, 1.165) is 35.0 Å². The van der Waals surface area contributed by atoms with E-state index in [9.17, 15) is 32.8 Å². The standard InChI is InChI=1S/C47H42F2N4O5S/c1-29(2)27-52(42(31-12-5-3-6-13-31)32-14-7-4-8-15-32)35-25-34(26-50-44(55)33-22-20-30(21-23-33)24-40-45(56)51-47(58)59-40)53(28-35)46(57)37-17-10-9-16-36(37)43(54)41-38(48)18-11-19-39(41)49/h3-24,29,34-35,42H,25-28H2,1-2H3,(H,50,55)(H,51,56,58)/b40-24-/t34-,35+/m0/s1. The van der Waals surface area contributed by atoms with E-state index in [1.165, 1.54) is 18.2 Å². The van der Waals surface area contributed by atoms with Gasteiger partial charge in [-0.1, -0.05) is 111 Å². The Balaban J connectivity index is 1.21. The van der Waals surface area contributed by atoms with Gasteiger partial charge in [0.25, 0.3) is 23.0 Å². The number of likely N-dealkylation sites (tertiary alicyclic amines) is 1. The van der Waals surface area contributed by atoms with Gasteiger partial charge in [-0.05, 0) is 77.2 Å². The zero-order chi connectivity index (χ0) is 41.6. The van der Waals surface area contributed by atoms with Crippen LogP contribution in [0.3, 0.4) is 0 Å². The van der Waals surface area contributed by atoms with Crippen molar-refractivity contribution in [3.05, 3.63) is 183 Å². The number of imide groups is 1. The van der Waals surface area contributed by atoms with E-state index in [0.29, 0.717) is 24.1 Å². The van der Waals surface area contributed by atoms with Crippen molar-refractivity contribution in [2.24, 2.45) is 5.92 Å². The number of halogens is 2. The van der Waals surface area contributed by atoms with Gasteiger partial charge in [0.1, 0.15) is 11.6 Å².